The van der Waals surface area contributed by atoms with Crippen LogP contribution in [0.3, 0.4) is 0 Å². The molecule has 0 saturated carbocycles. The predicted molar refractivity (Wildman–Crippen MR) is 110 cm³/mol. The summed E-state index contributed by atoms with van der Waals surface area (Å²) in [6.45, 7) is 6.93. The van der Waals surface area contributed by atoms with Crippen LogP contribution in [-0.4, -0.2) is 36.3 Å². The van der Waals surface area contributed by atoms with E-state index in [1.807, 2.05) is 43.0 Å². The second-order valence-corrected chi connectivity index (χ2v) is 7.56. The maximum Gasteiger partial charge on any atom is 0.225 e. The number of carbonyl (C=O) groups is 1. The molecule has 1 atom stereocenters. The van der Waals surface area contributed by atoms with Gasteiger partial charge in [-0.25, -0.2) is 0 Å². The first-order chi connectivity index (χ1) is 13.5. The van der Waals surface area contributed by atoms with E-state index >= 15 is 0 Å². The summed E-state index contributed by atoms with van der Waals surface area (Å²) in [6.07, 6.45) is 0.563. The summed E-state index contributed by atoms with van der Waals surface area (Å²) >= 11 is 0. The molecule has 1 amide bonds. The minimum Gasteiger partial charge on any atom is -0.497 e. The van der Waals surface area contributed by atoms with E-state index in [9.17, 15) is 4.79 Å². The summed E-state index contributed by atoms with van der Waals surface area (Å²) < 4.78 is 5.30. The Morgan fingerprint density at radius 3 is 2.68 bits per heavy atom. The fourth-order valence-corrected chi connectivity index (χ4v) is 3.28. The van der Waals surface area contributed by atoms with Crippen molar-refractivity contribution in [1.82, 2.24) is 4.90 Å². The standard InChI is InChI=1S/C23H28N2O3/c1-16(2)23(26)25(14-18-6-5-7-20(12-18)27-4)15-21-13-22(24-28-21)19-10-8-17(3)9-11-19/h5-12,16,21H,13-15H2,1-4H3. The van der Waals surface area contributed by atoms with Gasteiger partial charge in [-0.05, 0) is 30.2 Å². The number of amides is 1. The number of aryl methyl sites for hydroxylation is 1. The number of carbonyl (C=O) groups excluding carboxylic acids is 1. The van der Waals surface area contributed by atoms with Crippen LogP contribution in [-0.2, 0) is 16.2 Å². The second-order valence-electron chi connectivity index (χ2n) is 7.56. The number of nitrogens with zero attached hydrogens (tertiary/aromatic N) is 2. The van der Waals surface area contributed by atoms with Crippen LogP contribution in [0, 0.1) is 12.8 Å². The third-order valence-electron chi connectivity index (χ3n) is 4.85. The lowest BCUT2D eigenvalue weighted by Crippen LogP contribution is -2.39. The van der Waals surface area contributed by atoms with Gasteiger partial charge in [-0.2, -0.15) is 0 Å². The van der Waals surface area contributed by atoms with Crippen molar-refractivity contribution in [2.75, 3.05) is 13.7 Å². The molecule has 1 aliphatic heterocycles. The number of rotatable bonds is 7. The van der Waals surface area contributed by atoms with Crippen LogP contribution < -0.4 is 4.74 Å². The first-order valence-corrected chi connectivity index (χ1v) is 9.67. The van der Waals surface area contributed by atoms with Crippen LogP contribution in [0.5, 0.6) is 5.75 Å². The predicted octanol–water partition coefficient (Wildman–Crippen LogP) is 4.18. The van der Waals surface area contributed by atoms with Crippen LogP contribution in [0.2, 0.25) is 0 Å². The van der Waals surface area contributed by atoms with Gasteiger partial charge < -0.3 is 14.5 Å². The van der Waals surface area contributed by atoms with Crippen LogP contribution in [0.1, 0.15) is 37.0 Å². The minimum absolute atomic E-state index is 0.0792. The van der Waals surface area contributed by atoms with Crippen molar-refractivity contribution in [1.29, 1.82) is 0 Å². The average Bonchev–Trinajstić information content (AvgIpc) is 3.16. The lowest BCUT2D eigenvalue weighted by molar-refractivity contribution is -0.136. The first-order valence-electron chi connectivity index (χ1n) is 9.67. The monoisotopic (exact) mass is 380 g/mol. The summed E-state index contributed by atoms with van der Waals surface area (Å²) in [5.41, 5.74) is 4.25. The second kappa shape index (κ2) is 8.91. The lowest BCUT2D eigenvalue weighted by Gasteiger charge is -2.26. The van der Waals surface area contributed by atoms with Gasteiger partial charge in [0.15, 0.2) is 6.10 Å². The molecular formula is C23H28N2O3. The lowest BCUT2D eigenvalue weighted by atomic mass is 10.0. The van der Waals surface area contributed by atoms with Gasteiger partial charge in [0.2, 0.25) is 5.91 Å². The largest absolute Gasteiger partial charge is 0.497 e. The Hall–Kier alpha value is -2.82. The molecule has 1 unspecified atom stereocenters. The normalized spacial score (nSPS) is 15.9. The molecule has 0 aromatic heterocycles. The van der Waals surface area contributed by atoms with Crippen molar-refractivity contribution in [3.05, 3.63) is 65.2 Å². The highest BCUT2D eigenvalue weighted by molar-refractivity contribution is 6.01. The van der Waals surface area contributed by atoms with Gasteiger partial charge in [0, 0.05) is 18.9 Å². The molecule has 0 radical (unpaired) electrons. The number of benzene rings is 2. The molecule has 0 bridgehead atoms. The van der Waals surface area contributed by atoms with Crippen molar-refractivity contribution in [2.24, 2.45) is 11.1 Å². The Labute approximate surface area is 166 Å². The molecule has 148 valence electrons. The van der Waals surface area contributed by atoms with Gasteiger partial charge in [-0.1, -0.05) is 61.0 Å². The van der Waals surface area contributed by atoms with Gasteiger partial charge in [0.25, 0.3) is 0 Å². The highest BCUT2D eigenvalue weighted by atomic mass is 16.6. The minimum atomic E-state index is -0.135. The Balaban J connectivity index is 1.68. The molecule has 3 rings (SSSR count). The van der Waals surface area contributed by atoms with E-state index in [2.05, 4.69) is 36.3 Å². The summed E-state index contributed by atoms with van der Waals surface area (Å²) in [4.78, 5) is 20.3. The Morgan fingerprint density at radius 2 is 2.00 bits per heavy atom. The summed E-state index contributed by atoms with van der Waals surface area (Å²) in [7, 11) is 1.65. The van der Waals surface area contributed by atoms with Gasteiger partial charge in [-0.3, -0.25) is 4.79 Å². The number of oxime groups is 1. The summed E-state index contributed by atoms with van der Waals surface area (Å²) in [5, 5.41) is 4.27. The molecule has 0 spiro atoms. The molecule has 0 aliphatic carbocycles. The van der Waals surface area contributed by atoms with Crippen LogP contribution in [0.15, 0.2) is 53.7 Å². The zero-order valence-electron chi connectivity index (χ0n) is 17.0. The van der Waals surface area contributed by atoms with Crippen LogP contribution in [0.25, 0.3) is 0 Å². The Kier molecular flexibility index (Phi) is 6.34. The van der Waals surface area contributed by atoms with E-state index in [0.29, 0.717) is 19.5 Å². The highest BCUT2D eigenvalue weighted by Gasteiger charge is 2.27. The SMILES string of the molecule is COc1cccc(CN(CC2CC(c3ccc(C)cc3)=NO2)C(=O)C(C)C)c1. The smallest absolute Gasteiger partial charge is 0.225 e. The molecule has 2 aromatic rings. The van der Waals surface area contributed by atoms with E-state index in [1.54, 1.807) is 7.11 Å². The number of ether oxygens (including phenoxy) is 1. The summed E-state index contributed by atoms with van der Waals surface area (Å²) in [5.74, 6) is 0.816. The third-order valence-corrected chi connectivity index (χ3v) is 4.85. The quantitative estimate of drug-likeness (QED) is 0.724. The molecule has 0 N–H and O–H groups in total. The van der Waals surface area contributed by atoms with E-state index in [-0.39, 0.29) is 17.9 Å². The van der Waals surface area contributed by atoms with Crippen molar-refractivity contribution < 1.29 is 14.4 Å². The molecular weight excluding hydrogens is 352 g/mol. The molecule has 1 aliphatic rings. The van der Waals surface area contributed by atoms with E-state index < -0.39 is 0 Å². The molecule has 2 aromatic carbocycles. The van der Waals surface area contributed by atoms with Crippen molar-refractivity contribution in [2.45, 2.75) is 39.8 Å². The van der Waals surface area contributed by atoms with E-state index in [1.165, 1.54) is 5.56 Å². The molecule has 0 fully saturated rings. The van der Waals surface area contributed by atoms with Gasteiger partial charge in [-0.15, -0.1) is 0 Å². The van der Waals surface area contributed by atoms with E-state index in [4.69, 9.17) is 9.57 Å². The zero-order valence-corrected chi connectivity index (χ0v) is 17.0. The van der Waals surface area contributed by atoms with Gasteiger partial charge in [0.1, 0.15) is 5.75 Å². The maximum atomic E-state index is 12.8. The molecule has 1 heterocycles. The van der Waals surface area contributed by atoms with Crippen LogP contribution in [0.4, 0.5) is 0 Å². The summed E-state index contributed by atoms with van der Waals surface area (Å²) in [6, 6.07) is 16.1. The maximum absolute atomic E-state index is 12.8. The van der Waals surface area contributed by atoms with Gasteiger partial charge >= 0.3 is 0 Å². The third kappa shape index (κ3) is 4.91. The van der Waals surface area contributed by atoms with Gasteiger partial charge in [0.05, 0.1) is 19.4 Å². The van der Waals surface area contributed by atoms with Crippen molar-refractivity contribution >= 4 is 11.6 Å². The fraction of sp³-hybridized carbons (Fsp3) is 0.391. The van der Waals surface area contributed by atoms with E-state index in [0.717, 1.165) is 22.6 Å². The number of methoxy groups -OCH3 is 1. The Bertz CT molecular complexity index is 843. The molecule has 5 heteroatoms. The Morgan fingerprint density at radius 1 is 1.25 bits per heavy atom. The van der Waals surface area contributed by atoms with Crippen molar-refractivity contribution in [3.8, 4) is 5.75 Å². The number of hydrogen-bond acceptors (Lipinski definition) is 4. The molecule has 0 saturated heterocycles. The fourth-order valence-electron chi connectivity index (χ4n) is 3.28. The molecule has 5 nitrogen and oxygen atoms in total. The topological polar surface area (TPSA) is 51.1 Å². The van der Waals surface area contributed by atoms with Crippen LogP contribution >= 0.6 is 0 Å². The number of hydrogen-bond donors (Lipinski definition) is 0. The molecule has 28 heavy (non-hydrogen) atoms. The zero-order chi connectivity index (χ0) is 20.1. The van der Waals surface area contributed by atoms with Crippen molar-refractivity contribution in [3.63, 3.8) is 0 Å². The highest BCUT2D eigenvalue weighted by Crippen LogP contribution is 2.21. The first kappa shape index (κ1) is 19.9. The average molecular weight is 380 g/mol.